The first-order valence-corrected chi connectivity index (χ1v) is 12.5. The second-order valence-electron chi connectivity index (χ2n) is 8.57. The minimum absolute atomic E-state index is 0.180. The molecule has 0 saturated heterocycles. The number of nitrogens with one attached hydrogen (secondary N) is 1. The number of aromatic nitrogens is 5. The van der Waals surface area contributed by atoms with Gasteiger partial charge in [0.25, 0.3) is 11.9 Å². The quantitative estimate of drug-likeness (QED) is 0.454. The largest absolute Gasteiger partial charge is 0.475 e. The maximum atomic E-state index is 14.8. The molecular weight excluding hydrogens is 514 g/mol. The zero-order valence-corrected chi connectivity index (χ0v) is 19.4. The van der Waals surface area contributed by atoms with Crippen molar-refractivity contribution in [2.75, 3.05) is 0 Å². The van der Waals surface area contributed by atoms with Crippen LogP contribution >= 0.6 is 0 Å². The highest BCUT2D eigenvalue weighted by atomic mass is 32.3. The van der Waals surface area contributed by atoms with Crippen LogP contribution < -0.4 is 4.72 Å². The van der Waals surface area contributed by atoms with Gasteiger partial charge in [0, 0.05) is 18.0 Å². The van der Waals surface area contributed by atoms with Crippen LogP contribution in [0, 0.1) is 5.92 Å². The standard InChI is InChI=1S/C21H20F6N6O2S/c1-19(12-14-8-9-14,17-30-13-33(31-17)18-28-10-5-11-29-18)36(35,20(22,23)24,21(25,26)27)32-16(34)15-6-3-2-4-7-15/h2-7,10-11,13-14H,8-9,12H2,1H3,(H,32,34,35). The molecule has 4 rings (SSSR count). The normalized spacial score (nSPS) is 17.6. The van der Waals surface area contributed by atoms with Crippen LogP contribution in [0.2, 0.25) is 0 Å². The summed E-state index contributed by atoms with van der Waals surface area (Å²) in [7, 11) is -8.24. The van der Waals surface area contributed by atoms with E-state index in [0.29, 0.717) is 19.8 Å². The van der Waals surface area contributed by atoms with Crippen LogP contribution in [0.5, 0.6) is 0 Å². The molecule has 0 aliphatic heterocycles. The van der Waals surface area contributed by atoms with Crippen molar-refractivity contribution in [1.82, 2.24) is 29.5 Å². The Morgan fingerprint density at radius 2 is 1.58 bits per heavy atom. The van der Waals surface area contributed by atoms with Gasteiger partial charge < -0.3 is 0 Å². The number of rotatable bonds is 7. The maximum Gasteiger partial charge on any atom is 0.475 e. The molecule has 8 nitrogen and oxygen atoms in total. The van der Waals surface area contributed by atoms with Crippen LogP contribution in [0.25, 0.3) is 5.95 Å². The van der Waals surface area contributed by atoms with Crippen LogP contribution in [0.3, 0.4) is 0 Å². The summed E-state index contributed by atoms with van der Waals surface area (Å²) in [5.74, 6) is -3.60. The molecule has 1 amide bonds. The van der Waals surface area contributed by atoms with Crippen LogP contribution in [-0.2, 0) is 14.0 Å². The minimum Gasteiger partial charge on any atom is -0.277 e. The summed E-state index contributed by atoms with van der Waals surface area (Å²) in [4.78, 5) is 24.2. The fraction of sp³-hybridized carbons (Fsp3) is 0.381. The number of carbonyl (C=O) groups excluding carboxylic acids is 1. The molecule has 0 spiro atoms. The van der Waals surface area contributed by atoms with Crippen LogP contribution in [0.4, 0.5) is 26.3 Å². The van der Waals surface area contributed by atoms with Crippen LogP contribution in [0.1, 0.15) is 42.4 Å². The van der Waals surface area contributed by atoms with E-state index in [-0.39, 0.29) is 5.95 Å². The second kappa shape index (κ2) is 8.35. The van der Waals surface area contributed by atoms with Crippen molar-refractivity contribution in [2.45, 2.75) is 41.9 Å². The van der Waals surface area contributed by atoms with Gasteiger partial charge in [0.15, 0.2) is 15.1 Å². The molecule has 1 atom stereocenters. The summed E-state index contributed by atoms with van der Waals surface area (Å²) in [5, 5.41) is 3.81. The summed E-state index contributed by atoms with van der Waals surface area (Å²) in [5.41, 5.74) is -13.5. The molecular formula is C21H20F6N6O2S. The van der Waals surface area contributed by atoms with E-state index in [1.54, 1.807) is 0 Å². The average Bonchev–Trinajstić information content (AvgIpc) is 3.48. The fourth-order valence-corrected chi connectivity index (χ4v) is 7.21. The number of amides is 1. The molecule has 3 aromatic rings. The Labute approximate surface area is 200 Å². The lowest BCUT2D eigenvalue weighted by atomic mass is 10.0. The van der Waals surface area contributed by atoms with E-state index in [4.69, 9.17) is 0 Å². The number of hydrogen-bond acceptors (Lipinski definition) is 6. The van der Waals surface area contributed by atoms with E-state index < -0.39 is 54.6 Å². The van der Waals surface area contributed by atoms with Gasteiger partial charge in [-0.2, -0.15) is 31.0 Å². The topological polar surface area (TPSA) is 103 Å². The third-order valence-corrected chi connectivity index (χ3v) is 10.6. The molecule has 1 N–H and O–H groups in total. The number of alkyl halides is 6. The summed E-state index contributed by atoms with van der Waals surface area (Å²) in [6.07, 6.45) is 3.20. The van der Waals surface area contributed by atoms with E-state index in [9.17, 15) is 35.3 Å². The highest BCUT2D eigenvalue weighted by molar-refractivity contribution is 8.20. The Morgan fingerprint density at radius 3 is 2.11 bits per heavy atom. The summed E-state index contributed by atoms with van der Waals surface area (Å²) in [6, 6.07) is 7.38. The lowest BCUT2D eigenvalue weighted by Gasteiger charge is -2.54. The molecule has 1 aliphatic carbocycles. The molecule has 2 heterocycles. The Bertz CT molecular complexity index is 1310. The molecule has 15 heteroatoms. The van der Waals surface area contributed by atoms with Crippen LogP contribution in [0.15, 0.2) is 55.1 Å². The molecule has 0 radical (unpaired) electrons. The number of hydrogen-bond donors (Lipinski definition) is 1. The van der Waals surface area contributed by atoms with Gasteiger partial charge in [-0.1, -0.05) is 31.0 Å². The fourth-order valence-electron chi connectivity index (χ4n) is 4.00. The van der Waals surface area contributed by atoms with Gasteiger partial charge in [-0.25, -0.2) is 19.2 Å². The van der Waals surface area contributed by atoms with Crippen molar-refractivity contribution in [3.8, 4) is 5.95 Å². The van der Waals surface area contributed by atoms with Crippen molar-refractivity contribution in [3.63, 3.8) is 0 Å². The number of benzene rings is 1. The zero-order chi connectivity index (χ0) is 26.4. The third kappa shape index (κ3) is 3.67. The molecule has 194 valence electrons. The lowest BCUT2D eigenvalue weighted by molar-refractivity contribution is -0.0988. The van der Waals surface area contributed by atoms with E-state index in [2.05, 4.69) is 20.1 Å². The maximum absolute atomic E-state index is 14.8. The molecule has 1 aliphatic rings. The number of nitrogens with zero attached hydrogens (tertiary/aromatic N) is 5. The highest BCUT2D eigenvalue weighted by Gasteiger charge is 2.85. The lowest BCUT2D eigenvalue weighted by Crippen LogP contribution is -2.77. The molecule has 36 heavy (non-hydrogen) atoms. The summed E-state index contributed by atoms with van der Waals surface area (Å²) in [6.45, 7) is 0.540. The zero-order valence-electron chi connectivity index (χ0n) is 18.6. The van der Waals surface area contributed by atoms with E-state index >= 15 is 0 Å². The van der Waals surface area contributed by atoms with Crippen LogP contribution in [-0.4, -0.2) is 45.9 Å². The van der Waals surface area contributed by atoms with Gasteiger partial charge in [0.1, 0.15) is 11.1 Å². The number of halogens is 6. The number of carbonyl (C=O) groups is 1. The van der Waals surface area contributed by atoms with Crippen molar-refractivity contribution in [2.24, 2.45) is 5.92 Å². The predicted molar refractivity (Wildman–Crippen MR) is 116 cm³/mol. The Kier molecular flexibility index (Phi) is 5.97. The minimum atomic E-state index is -8.24. The van der Waals surface area contributed by atoms with Gasteiger partial charge in [0.2, 0.25) is 0 Å². The van der Waals surface area contributed by atoms with E-state index in [1.165, 1.54) is 36.7 Å². The monoisotopic (exact) mass is 534 g/mol. The summed E-state index contributed by atoms with van der Waals surface area (Å²) < 4.78 is 102. The Morgan fingerprint density at radius 1 is 1.00 bits per heavy atom. The van der Waals surface area contributed by atoms with Gasteiger partial charge in [0.05, 0.1) is 0 Å². The molecule has 2 aromatic heterocycles. The Balaban J connectivity index is 1.99. The Hall–Kier alpha value is -3.36. The van der Waals surface area contributed by atoms with Gasteiger partial charge in [-0.05, 0) is 37.5 Å². The molecule has 1 fully saturated rings. The van der Waals surface area contributed by atoms with Crippen molar-refractivity contribution in [3.05, 3.63) is 66.5 Å². The highest BCUT2D eigenvalue weighted by Crippen LogP contribution is 2.66. The first-order chi connectivity index (χ1) is 16.7. The smallest absolute Gasteiger partial charge is 0.277 e. The van der Waals surface area contributed by atoms with Crippen molar-refractivity contribution >= 4 is 15.2 Å². The molecule has 1 saturated carbocycles. The first kappa shape index (κ1) is 25.7. The van der Waals surface area contributed by atoms with E-state index in [0.717, 1.165) is 27.9 Å². The van der Waals surface area contributed by atoms with Gasteiger partial charge in [-0.3, -0.25) is 9.52 Å². The average molecular weight is 534 g/mol. The molecule has 0 bridgehead atoms. The SMILES string of the molecule is CC(CC1CC1)(c1ncn(-c2ncccn2)n1)S(=O)(NC(=O)c1ccccc1)(C(F)(F)F)C(F)(F)F. The van der Waals surface area contributed by atoms with Crippen molar-refractivity contribution in [1.29, 1.82) is 0 Å². The third-order valence-electron chi connectivity index (χ3n) is 6.16. The predicted octanol–water partition coefficient (Wildman–Crippen LogP) is 4.28. The molecule has 1 aromatic carbocycles. The van der Waals surface area contributed by atoms with Crippen molar-refractivity contribution < 1.29 is 35.3 Å². The molecule has 1 unspecified atom stereocenters. The van der Waals surface area contributed by atoms with Gasteiger partial charge in [-0.15, -0.1) is 5.10 Å². The van der Waals surface area contributed by atoms with Gasteiger partial charge >= 0.3 is 11.0 Å². The van der Waals surface area contributed by atoms with E-state index in [1.807, 2.05) is 0 Å². The first-order valence-electron chi connectivity index (χ1n) is 10.6. The summed E-state index contributed by atoms with van der Waals surface area (Å²) >= 11 is 0. The second-order valence-corrected chi connectivity index (χ2v) is 12.5.